The van der Waals surface area contributed by atoms with Gasteiger partial charge in [0.1, 0.15) is 0 Å². The average molecular weight is 384 g/mol. The minimum Gasteiger partial charge on any atom is -0.356 e. The Bertz CT molecular complexity index is 809. The summed E-state index contributed by atoms with van der Waals surface area (Å²) in [5.74, 6) is -1.33. The summed E-state index contributed by atoms with van der Waals surface area (Å²) >= 11 is 0. The molecule has 0 bridgehead atoms. The number of carbonyl (C=O) groups is 4. The van der Waals surface area contributed by atoms with Gasteiger partial charge in [0, 0.05) is 48.7 Å². The Hall–Kier alpha value is -3.65. The lowest BCUT2D eigenvalue weighted by atomic mass is 10.1. The summed E-state index contributed by atoms with van der Waals surface area (Å²) in [4.78, 5) is 50.2. The lowest BCUT2D eigenvalue weighted by Gasteiger charge is -2.13. The van der Waals surface area contributed by atoms with Crippen molar-refractivity contribution < 1.29 is 19.2 Å². The van der Waals surface area contributed by atoms with Crippen molar-refractivity contribution in [1.29, 1.82) is 0 Å². The first-order chi connectivity index (χ1) is 13.5. The maximum atomic E-state index is 12.0. The maximum absolute atomic E-state index is 12.0. The van der Waals surface area contributed by atoms with Crippen LogP contribution >= 0.6 is 0 Å². The van der Waals surface area contributed by atoms with Gasteiger partial charge in [0.25, 0.3) is 17.7 Å². The highest BCUT2D eigenvalue weighted by molar-refractivity contribution is 6.13. The van der Waals surface area contributed by atoms with E-state index in [1.807, 2.05) is 0 Å². The van der Waals surface area contributed by atoms with Crippen molar-refractivity contribution in [2.75, 3.05) is 19.6 Å². The molecule has 1 aromatic rings. The molecular weight excluding hydrogens is 364 g/mol. The molecule has 0 radical (unpaired) electrons. The molecular formula is C18H20N6O4. The van der Waals surface area contributed by atoms with Crippen molar-refractivity contribution in [2.24, 2.45) is 5.11 Å². The van der Waals surface area contributed by atoms with E-state index in [0.29, 0.717) is 25.1 Å². The first kappa shape index (κ1) is 20.7. The molecule has 10 heteroatoms. The molecule has 1 aromatic carbocycles. The van der Waals surface area contributed by atoms with Crippen LogP contribution in [0.25, 0.3) is 10.4 Å². The van der Waals surface area contributed by atoms with E-state index in [9.17, 15) is 19.2 Å². The zero-order valence-electron chi connectivity index (χ0n) is 15.1. The number of benzene rings is 1. The van der Waals surface area contributed by atoms with Gasteiger partial charge in [-0.15, -0.1) is 0 Å². The molecule has 0 aliphatic carbocycles. The summed E-state index contributed by atoms with van der Waals surface area (Å²) in [6, 6.07) is 6.73. The summed E-state index contributed by atoms with van der Waals surface area (Å²) in [7, 11) is 0. The highest BCUT2D eigenvalue weighted by Gasteiger charge is 2.23. The van der Waals surface area contributed by atoms with Gasteiger partial charge >= 0.3 is 0 Å². The third kappa shape index (κ3) is 6.26. The zero-order chi connectivity index (χ0) is 20.4. The van der Waals surface area contributed by atoms with Crippen molar-refractivity contribution in [2.45, 2.75) is 19.4 Å². The van der Waals surface area contributed by atoms with Crippen LogP contribution < -0.4 is 10.6 Å². The molecule has 0 atom stereocenters. The van der Waals surface area contributed by atoms with Crippen LogP contribution in [0.2, 0.25) is 0 Å². The Morgan fingerprint density at radius 1 is 1.04 bits per heavy atom. The van der Waals surface area contributed by atoms with Crippen LogP contribution in [0.4, 0.5) is 0 Å². The molecule has 28 heavy (non-hydrogen) atoms. The predicted molar refractivity (Wildman–Crippen MR) is 99.7 cm³/mol. The van der Waals surface area contributed by atoms with Crippen molar-refractivity contribution in [3.63, 3.8) is 0 Å². The molecule has 2 N–H and O–H groups in total. The largest absolute Gasteiger partial charge is 0.356 e. The summed E-state index contributed by atoms with van der Waals surface area (Å²) in [5, 5.41) is 8.87. The number of hydrogen-bond acceptors (Lipinski definition) is 5. The van der Waals surface area contributed by atoms with Gasteiger partial charge in [0.2, 0.25) is 5.91 Å². The number of amides is 4. The minimum absolute atomic E-state index is 0.0354. The molecule has 0 unspecified atom stereocenters. The Balaban J connectivity index is 1.59. The molecule has 0 aromatic heterocycles. The number of rotatable bonds is 10. The Labute approximate surface area is 161 Å². The predicted octanol–water partition coefficient (Wildman–Crippen LogP) is 1.05. The first-order valence-corrected chi connectivity index (χ1v) is 8.69. The van der Waals surface area contributed by atoms with Gasteiger partial charge in [-0.05, 0) is 29.6 Å². The topological polar surface area (TPSA) is 144 Å². The molecule has 0 spiro atoms. The number of hydrogen-bond donors (Lipinski definition) is 2. The molecule has 0 saturated carbocycles. The second-order valence-corrected chi connectivity index (χ2v) is 5.96. The normalized spacial score (nSPS) is 12.6. The minimum atomic E-state index is -0.411. The van der Waals surface area contributed by atoms with E-state index in [-0.39, 0.29) is 31.3 Å². The number of carbonyl (C=O) groups excluding carboxylic acids is 4. The third-order valence-corrected chi connectivity index (χ3v) is 3.96. The number of imide groups is 1. The van der Waals surface area contributed by atoms with E-state index >= 15 is 0 Å². The Kier molecular flexibility index (Phi) is 7.74. The molecule has 2 rings (SSSR count). The number of nitrogens with one attached hydrogen (secondary N) is 2. The second kappa shape index (κ2) is 10.5. The number of azide groups is 1. The molecule has 0 saturated heterocycles. The molecule has 4 amide bonds. The smallest absolute Gasteiger partial charge is 0.253 e. The lowest BCUT2D eigenvalue weighted by Crippen LogP contribution is -2.35. The summed E-state index contributed by atoms with van der Waals surface area (Å²) in [6.45, 7) is 1.02. The molecule has 1 aliphatic heterocycles. The second-order valence-electron chi connectivity index (χ2n) is 5.96. The quantitative estimate of drug-likeness (QED) is 0.204. The monoisotopic (exact) mass is 384 g/mol. The van der Waals surface area contributed by atoms with Crippen LogP contribution in [0, 0.1) is 0 Å². The first-order valence-electron chi connectivity index (χ1n) is 8.69. The van der Waals surface area contributed by atoms with Gasteiger partial charge in [0.05, 0.1) is 6.54 Å². The molecule has 10 nitrogen and oxygen atoms in total. The van der Waals surface area contributed by atoms with Crippen molar-refractivity contribution >= 4 is 23.6 Å². The van der Waals surface area contributed by atoms with Crippen LogP contribution in [-0.4, -0.2) is 48.2 Å². The van der Waals surface area contributed by atoms with Crippen LogP contribution in [0.1, 0.15) is 28.8 Å². The molecule has 1 aliphatic rings. The van der Waals surface area contributed by atoms with Crippen molar-refractivity contribution in [3.8, 4) is 0 Å². The van der Waals surface area contributed by atoms with Crippen molar-refractivity contribution in [1.82, 2.24) is 15.5 Å². The maximum Gasteiger partial charge on any atom is 0.253 e. The van der Waals surface area contributed by atoms with Gasteiger partial charge in [-0.1, -0.05) is 17.2 Å². The average Bonchev–Trinajstić information content (AvgIpc) is 3.02. The van der Waals surface area contributed by atoms with Crippen LogP contribution in [-0.2, 0) is 20.9 Å². The van der Waals surface area contributed by atoms with Gasteiger partial charge in [0.15, 0.2) is 0 Å². The SMILES string of the molecule is [N-]=[N+]=NCc1ccc(C(=O)NCCCNC(=O)CCN2C(=O)C=CC2=O)cc1. The van der Waals surface area contributed by atoms with E-state index in [1.54, 1.807) is 24.3 Å². The molecule has 0 fully saturated rings. The Morgan fingerprint density at radius 2 is 1.68 bits per heavy atom. The van der Waals surface area contributed by atoms with Crippen LogP contribution in [0.15, 0.2) is 41.5 Å². The van der Waals surface area contributed by atoms with E-state index in [2.05, 4.69) is 20.7 Å². The van der Waals surface area contributed by atoms with Gasteiger partial charge in [-0.2, -0.15) is 0 Å². The number of nitrogens with zero attached hydrogens (tertiary/aromatic N) is 4. The summed E-state index contributed by atoms with van der Waals surface area (Å²) in [6.07, 6.45) is 2.93. The fourth-order valence-electron chi connectivity index (χ4n) is 2.45. The van der Waals surface area contributed by atoms with E-state index in [0.717, 1.165) is 10.5 Å². The fraction of sp³-hybridized carbons (Fsp3) is 0.333. The van der Waals surface area contributed by atoms with Crippen molar-refractivity contribution in [3.05, 3.63) is 58.0 Å². The zero-order valence-corrected chi connectivity index (χ0v) is 15.1. The summed E-state index contributed by atoms with van der Waals surface area (Å²) < 4.78 is 0. The highest BCUT2D eigenvalue weighted by atomic mass is 16.2. The third-order valence-electron chi connectivity index (χ3n) is 3.96. The highest BCUT2D eigenvalue weighted by Crippen LogP contribution is 2.06. The van der Waals surface area contributed by atoms with E-state index in [4.69, 9.17) is 5.53 Å². The molecule has 1 heterocycles. The fourth-order valence-corrected chi connectivity index (χ4v) is 2.45. The van der Waals surface area contributed by atoms with E-state index in [1.165, 1.54) is 12.2 Å². The lowest BCUT2D eigenvalue weighted by molar-refractivity contribution is -0.137. The van der Waals surface area contributed by atoms with E-state index < -0.39 is 11.8 Å². The van der Waals surface area contributed by atoms with Gasteiger partial charge in [-0.3, -0.25) is 24.1 Å². The summed E-state index contributed by atoms with van der Waals surface area (Å²) in [5.41, 5.74) is 9.58. The van der Waals surface area contributed by atoms with Gasteiger partial charge < -0.3 is 10.6 Å². The van der Waals surface area contributed by atoms with Crippen LogP contribution in [0.3, 0.4) is 0 Å². The Morgan fingerprint density at radius 3 is 2.32 bits per heavy atom. The standard InChI is InChI=1S/C18H20N6O4/c19-23-22-12-13-2-4-14(5-3-13)18(28)21-10-1-9-20-15(25)8-11-24-16(26)6-7-17(24)27/h2-7H,1,8-12H2,(H,20,25)(H,21,28). The van der Waals surface area contributed by atoms with Crippen LogP contribution in [0.5, 0.6) is 0 Å². The van der Waals surface area contributed by atoms with Gasteiger partial charge in [-0.25, -0.2) is 0 Å². The molecule has 146 valence electrons.